The van der Waals surface area contributed by atoms with Gasteiger partial charge < -0.3 is 24.8 Å². The van der Waals surface area contributed by atoms with Gasteiger partial charge in [0.15, 0.2) is 0 Å². The van der Waals surface area contributed by atoms with E-state index in [1.54, 1.807) is 18.2 Å². The molecular weight excluding hydrogens is 542 g/mol. The van der Waals surface area contributed by atoms with Crippen LogP contribution in [0.25, 0.3) is 0 Å². The van der Waals surface area contributed by atoms with Crippen LogP contribution in [0, 0.1) is 25.7 Å². The molecule has 0 aliphatic rings. The van der Waals surface area contributed by atoms with Crippen molar-refractivity contribution in [3.05, 3.63) is 64.2 Å². The zero-order chi connectivity index (χ0) is 30.4. The van der Waals surface area contributed by atoms with Crippen molar-refractivity contribution in [2.24, 2.45) is 0 Å². The van der Waals surface area contributed by atoms with E-state index >= 15 is 0 Å². The van der Waals surface area contributed by atoms with Gasteiger partial charge in [-0.2, -0.15) is 26.3 Å². The first-order valence-corrected chi connectivity index (χ1v) is 12.7. The van der Waals surface area contributed by atoms with E-state index in [0.717, 1.165) is 22.6 Å². The van der Waals surface area contributed by atoms with Crippen molar-refractivity contribution in [2.45, 2.75) is 76.4 Å². The van der Waals surface area contributed by atoms with E-state index < -0.39 is 36.3 Å². The zero-order valence-corrected chi connectivity index (χ0v) is 22.7. The first kappa shape index (κ1) is 33.4. The van der Waals surface area contributed by atoms with Gasteiger partial charge in [0.1, 0.15) is 19.1 Å². The van der Waals surface area contributed by atoms with Gasteiger partial charge in [-0.15, -0.1) is 0 Å². The average Bonchev–Trinajstić information content (AvgIpc) is 2.87. The third-order valence-electron chi connectivity index (χ3n) is 7.03. The molecule has 0 amide bonds. The number of hydrogen-bond acceptors (Lipinski definition) is 5. The minimum absolute atomic E-state index is 0.0289. The maximum atomic E-state index is 13.0. The Bertz CT molecular complexity index is 1180. The second kappa shape index (κ2) is 13.3. The van der Waals surface area contributed by atoms with Crippen molar-refractivity contribution >= 4 is 0 Å². The number of ether oxygens (including phenoxy) is 2. The van der Waals surface area contributed by atoms with Gasteiger partial charge in [-0.05, 0) is 67.0 Å². The van der Waals surface area contributed by atoms with E-state index in [1.165, 1.54) is 13.0 Å². The summed E-state index contributed by atoms with van der Waals surface area (Å²) in [7, 11) is 0. The number of aliphatic hydroxyl groups excluding tert-OH is 2. The molecule has 3 N–H and O–H groups in total. The molecule has 40 heavy (non-hydrogen) atoms. The normalized spacial score (nSPS) is 13.5. The molecule has 0 heterocycles. The minimum Gasteiger partial charge on any atom is -0.491 e. The lowest BCUT2D eigenvalue weighted by molar-refractivity contribution is -0.343. The molecule has 0 aromatic heterocycles. The van der Waals surface area contributed by atoms with Crippen molar-refractivity contribution in [3.8, 4) is 17.6 Å². The number of aryl methyl sites for hydroxylation is 2. The largest absolute Gasteiger partial charge is 0.491 e. The lowest BCUT2D eigenvalue weighted by Crippen LogP contribution is -2.55. The molecule has 0 spiro atoms. The van der Waals surface area contributed by atoms with Crippen LogP contribution < -0.4 is 4.74 Å². The van der Waals surface area contributed by atoms with Crippen LogP contribution >= 0.6 is 0 Å². The lowest BCUT2D eigenvalue weighted by atomic mass is 9.70. The number of halogens is 6. The molecule has 0 bridgehead atoms. The molecular formula is C29H34F6O5. The lowest BCUT2D eigenvalue weighted by Gasteiger charge is -2.34. The Morgan fingerprint density at radius 3 is 1.90 bits per heavy atom. The summed E-state index contributed by atoms with van der Waals surface area (Å²) in [4.78, 5) is 0. The van der Waals surface area contributed by atoms with Crippen LogP contribution in [0.5, 0.6) is 5.75 Å². The fraction of sp³-hybridized carbons (Fsp3) is 0.517. The highest BCUT2D eigenvalue weighted by Gasteiger charge is 2.70. The number of aliphatic hydroxyl groups is 3. The topological polar surface area (TPSA) is 79.2 Å². The van der Waals surface area contributed by atoms with E-state index in [0.29, 0.717) is 24.2 Å². The molecule has 0 saturated heterocycles. The van der Waals surface area contributed by atoms with Crippen molar-refractivity contribution < 1.29 is 51.1 Å². The van der Waals surface area contributed by atoms with Crippen molar-refractivity contribution in [1.82, 2.24) is 0 Å². The second-order valence-electron chi connectivity index (χ2n) is 9.55. The van der Waals surface area contributed by atoms with Crippen molar-refractivity contribution in [1.29, 1.82) is 0 Å². The Morgan fingerprint density at radius 2 is 1.43 bits per heavy atom. The van der Waals surface area contributed by atoms with E-state index in [9.17, 15) is 36.6 Å². The first-order chi connectivity index (χ1) is 18.6. The van der Waals surface area contributed by atoms with Crippen LogP contribution in [-0.2, 0) is 10.2 Å². The highest BCUT2D eigenvalue weighted by molar-refractivity contribution is 5.50. The highest BCUT2D eigenvalue weighted by atomic mass is 19.4. The molecule has 2 aromatic carbocycles. The third-order valence-corrected chi connectivity index (χ3v) is 7.03. The Kier molecular flexibility index (Phi) is 11.1. The van der Waals surface area contributed by atoms with Gasteiger partial charge in [0, 0.05) is 17.4 Å². The molecule has 222 valence electrons. The third kappa shape index (κ3) is 7.29. The molecule has 11 heteroatoms. The summed E-state index contributed by atoms with van der Waals surface area (Å²) in [5, 5.41) is 28.0. The first-order valence-electron chi connectivity index (χ1n) is 12.7. The molecule has 0 fully saturated rings. The molecule has 5 nitrogen and oxygen atoms in total. The van der Waals surface area contributed by atoms with Gasteiger partial charge in [0.2, 0.25) is 0 Å². The Hall–Kier alpha value is -2.78. The van der Waals surface area contributed by atoms with E-state index in [2.05, 4.69) is 0 Å². The fourth-order valence-corrected chi connectivity index (χ4v) is 4.46. The van der Waals surface area contributed by atoms with Gasteiger partial charge in [-0.1, -0.05) is 44.0 Å². The van der Waals surface area contributed by atoms with Crippen LogP contribution in [-0.4, -0.2) is 59.4 Å². The van der Waals surface area contributed by atoms with Crippen molar-refractivity contribution in [3.63, 3.8) is 0 Å². The smallest absolute Gasteiger partial charge is 0.438 e. The molecule has 2 aromatic rings. The van der Waals surface area contributed by atoms with E-state index in [4.69, 9.17) is 14.6 Å². The van der Waals surface area contributed by atoms with Gasteiger partial charge in [0.05, 0.1) is 12.7 Å². The van der Waals surface area contributed by atoms with Gasteiger partial charge in [-0.25, -0.2) is 0 Å². The van der Waals surface area contributed by atoms with Crippen LogP contribution in [0.1, 0.15) is 60.9 Å². The molecule has 1 atom stereocenters. The van der Waals surface area contributed by atoms with E-state index in [-0.39, 0.29) is 25.2 Å². The summed E-state index contributed by atoms with van der Waals surface area (Å²) >= 11 is 0. The summed E-state index contributed by atoms with van der Waals surface area (Å²) in [6.45, 7) is 7.12. The number of alkyl halides is 6. The average molecular weight is 577 g/mol. The SMILES string of the molecule is CCC(CC)(c1ccc(C#CC(O)(C(F)(F)F)C(F)(F)F)c(C)c1)c1ccc(OC[C@@H](O)CCOCO)c(C)c1. The fourth-order valence-electron chi connectivity index (χ4n) is 4.46. The molecule has 0 aliphatic carbocycles. The Morgan fingerprint density at radius 1 is 0.875 bits per heavy atom. The van der Waals surface area contributed by atoms with Gasteiger partial charge in [0.25, 0.3) is 0 Å². The number of benzene rings is 2. The summed E-state index contributed by atoms with van der Waals surface area (Å²) < 4.78 is 88.6. The van der Waals surface area contributed by atoms with Crippen LogP contribution in [0.3, 0.4) is 0 Å². The second-order valence-corrected chi connectivity index (χ2v) is 9.55. The Balaban J connectivity index is 2.39. The maximum Gasteiger partial charge on any atom is 0.438 e. The van der Waals surface area contributed by atoms with Gasteiger partial charge in [-0.3, -0.25) is 0 Å². The minimum atomic E-state index is -6.02. The highest BCUT2D eigenvalue weighted by Crippen LogP contribution is 2.43. The quantitative estimate of drug-likeness (QED) is 0.138. The van der Waals surface area contributed by atoms with Crippen LogP contribution in [0.15, 0.2) is 36.4 Å². The standard InChI is InChI=1S/C29H34F6O5/c1-5-26(6-2,23-9-10-25(20(4)16-23)40-17-24(37)12-14-39-18-36)22-8-7-21(19(3)15-22)11-13-27(38,28(30,31)32)29(33,34)35/h7-10,15-16,24,36-38H,5-6,12,14,17-18H2,1-4H3/t24-/m0/s1. The zero-order valence-electron chi connectivity index (χ0n) is 22.7. The number of hydrogen-bond donors (Lipinski definition) is 3. The number of rotatable bonds is 11. The Labute approximate surface area is 229 Å². The summed E-state index contributed by atoms with van der Waals surface area (Å²) in [6.07, 6.45) is -11.3. The van der Waals surface area contributed by atoms with E-state index in [1.807, 2.05) is 38.8 Å². The predicted molar refractivity (Wildman–Crippen MR) is 137 cm³/mol. The van der Waals surface area contributed by atoms with Crippen LogP contribution in [0.2, 0.25) is 0 Å². The molecule has 0 saturated carbocycles. The molecule has 2 rings (SSSR count). The summed E-state index contributed by atoms with van der Waals surface area (Å²) in [5.41, 5.74) is -2.85. The van der Waals surface area contributed by atoms with Crippen LogP contribution in [0.4, 0.5) is 26.3 Å². The van der Waals surface area contributed by atoms with Gasteiger partial charge >= 0.3 is 18.0 Å². The maximum absolute atomic E-state index is 13.0. The predicted octanol–water partition coefficient (Wildman–Crippen LogP) is 5.71. The molecule has 0 unspecified atom stereocenters. The monoisotopic (exact) mass is 576 g/mol. The molecule has 0 aliphatic heterocycles. The molecule has 0 radical (unpaired) electrons. The summed E-state index contributed by atoms with van der Waals surface area (Å²) in [5.74, 6) is 3.45. The van der Waals surface area contributed by atoms with Crippen molar-refractivity contribution in [2.75, 3.05) is 20.0 Å². The summed E-state index contributed by atoms with van der Waals surface area (Å²) in [6, 6.07) is 10.3.